The van der Waals surface area contributed by atoms with E-state index >= 15 is 0 Å². The second-order valence-electron chi connectivity index (χ2n) is 9.53. The summed E-state index contributed by atoms with van der Waals surface area (Å²) >= 11 is 0. The number of halogens is 4. The lowest BCUT2D eigenvalue weighted by Crippen LogP contribution is -2.35. The number of rotatable bonds is 7. The van der Waals surface area contributed by atoms with E-state index in [0.717, 1.165) is 75.7 Å². The van der Waals surface area contributed by atoms with Gasteiger partial charge in [-0.2, -0.15) is 13.2 Å². The first-order valence-electron chi connectivity index (χ1n) is 11.6. The van der Waals surface area contributed by atoms with Crippen LogP contribution in [0.25, 0.3) is 11.0 Å². The zero-order valence-electron chi connectivity index (χ0n) is 18.2. The molecule has 32 heavy (non-hydrogen) atoms. The predicted octanol–water partition coefficient (Wildman–Crippen LogP) is 6.25. The van der Waals surface area contributed by atoms with Crippen LogP contribution in [-0.2, 0) is 4.79 Å². The van der Waals surface area contributed by atoms with Crippen molar-refractivity contribution in [3.8, 4) is 0 Å². The van der Waals surface area contributed by atoms with Gasteiger partial charge in [-0.3, -0.25) is 4.79 Å². The van der Waals surface area contributed by atoms with Gasteiger partial charge in [0.1, 0.15) is 18.0 Å². The normalized spacial score (nSPS) is 23.6. The maximum absolute atomic E-state index is 13.4. The Bertz CT molecular complexity index is 910. The number of benzene rings is 1. The molecule has 0 amide bonds. The molecule has 0 atom stereocenters. The summed E-state index contributed by atoms with van der Waals surface area (Å²) in [5, 5.41) is 5.10. The molecule has 1 aliphatic heterocycles. The third kappa shape index (κ3) is 6.09. The summed E-state index contributed by atoms with van der Waals surface area (Å²) in [6.45, 7) is 3.00. The van der Waals surface area contributed by atoms with Gasteiger partial charge in [-0.1, -0.05) is 18.0 Å². The number of ketones is 1. The Morgan fingerprint density at radius 3 is 2.44 bits per heavy atom. The van der Waals surface area contributed by atoms with Crippen molar-refractivity contribution in [1.82, 2.24) is 10.1 Å². The zero-order valence-corrected chi connectivity index (χ0v) is 18.2. The highest BCUT2D eigenvalue weighted by Crippen LogP contribution is 2.36. The summed E-state index contributed by atoms with van der Waals surface area (Å²) in [6, 6.07) is 4.57. The molecule has 176 valence electrons. The van der Waals surface area contributed by atoms with Crippen LogP contribution in [-0.4, -0.2) is 41.7 Å². The van der Waals surface area contributed by atoms with Crippen LogP contribution in [0.4, 0.5) is 17.6 Å². The number of carbonyl (C=O) groups excluding carboxylic acids is 1. The summed E-state index contributed by atoms with van der Waals surface area (Å²) < 4.78 is 55.7. The molecule has 4 rings (SSSR count). The zero-order chi connectivity index (χ0) is 22.7. The largest absolute Gasteiger partial charge is 0.395 e. The van der Waals surface area contributed by atoms with Crippen LogP contribution < -0.4 is 0 Å². The molecule has 8 heteroatoms. The third-order valence-corrected chi connectivity index (χ3v) is 7.17. The molecule has 0 bridgehead atoms. The van der Waals surface area contributed by atoms with Crippen molar-refractivity contribution in [2.45, 2.75) is 69.9 Å². The number of fused-ring (bicyclic) bond motifs is 1. The van der Waals surface area contributed by atoms with Crippen LogP contribution in [0.15, 0.2) is 22.7 Å². The average Bonchev–Trinajstić information content (AvgIpc) is 3.15. The van der Waals surface area contributed by atoms with Gasteiger partial charge in [-0.05, 0) is 75.7 Å². The van der Waals surface area contributed by atoms with Gasteiger partial charge in [-0.15, -0.1) is 0 Å². The number of Topliss-reactive ketones (excluding diaryl/α,β-unsaturated/α-hetero) is 1. The average molecular weight is 455 g/mol. The van der Waals surface area contributed by atoms with Crippen molar-refractivity contribution in [2.75, 3.05) is 19.6 Å². The van der Waals surface area contributed by atoms with E-state index in [1.165, 1.54) is 12.1 Å². The van der Waals surface area contributed by atoms with Crippen molar-refractivity contribution in [1.29, 1.82) is 0 Å². The Labute approximate surface area is 185 Å². The Balaban J connectivity index is 1.16. The second-order valence-corrected chi connectivity index (χ2v) is 9.53. The van der Waals surface area contributed by atoms with E-state index in [1.54, 1.807) is 6.07 Å². The molecule has 2 fully saturated rings. The van der Waals surface area contributed by atoms with Crippen LogP contribution in [0.3, 0.4) is 0 Å². The molecule has 1 aliphatic carbocycles. The van der Waals surface area contributed by atoms with Gasteiger partial charge < -0.3 is 9.42 Å². The van der Waals surface area contributed by atoms with Crippen LogP contribution in [0.2, 0.25) is 0 Å². The summed E-state index contributed by atoms with van der Waals surface area (Å²) in [4.78, 5) is 14.1. The maximum atomic E-state index is 13.4. The molecule has 0 N–H and O–H groups in total. The minimum Gasteiger partial charge on any atom is -0.356 e. The van der Waals surface area contributed by atoms with Gasteiger partial charge in [0.05, 0.1) is 5.69 Å². The highest BCUT2D eigenvalue weighted by Gasteiger charge is 2.33. The molecule has 0 spiro atoms. The number of aromatic nitrogens is 1. The van der Waals surface area contributed by atoms with Gasteiger partial charge >= 0.3 is 6.18 Å². The fraction of sp³-hybridized carbons (Fsp3) is 0.667. The van der Waals surface area contributed by atoms with Crippen LogP contribution >= 0.6 is 0 Å². The molecule has 1 aromatic heterocycles. The van der Waals surface area contributed by atoms with E-state index in [0.29, 0.717) is 17.4 Å². The molecule has 2 aliphatic rings. The number of piperidine rings is 1. The summed E-state index contributed by atoms with van der Waals surface area (Å²) in [7, 11) is 0. The Morgan fingerprint density at radius 2 is 1.75 bits per heavy atom. The predicted molar refractivity (Wildman–Crippen MR) is 113 cm³/mol. The van der Waals surface area contributed by atoms with E-state index in [-0.39, 0.29) is 18.2 Å². The van der Waals surface area contributed by atoms with Crippen molar-refractivity contribution in [3.63, 3.8) is 0 Å². The Morgan fingerprint density at radius 1 is 1.06 bits per heavy atom. The van der Waals surface area contributed by atoms with E-state index in [4.69, 9.17) is 4.52 Å². The number of likely N-dealkylation sites (tertiary alicyclic amines) is 1. The molecule has 1 saturated heterocycles. The Hall–Kier alpha value is -1.96. The first-order chi connectivity index (χ1) is 15.3. The van der Waals surface area contributed by atoms with Crippen LogP contribution in [0.1, 0.15) is 69.4 Å². The third-order valence-electron chi connectivity index (χ3n) is 7.17. The van der Waals surface area contributed by atoms with Crippen molar-refractivity contribution < 1.29 is 26.9 Å². The molecule has 1 aromatic carbocycles. The highest BCUT2D eigenvalue weighted by atomic mass is 19.4. The lowest BCUT2D eigenvalue weighted by Gasteiger charge is -2.34. The molecule has 1 saturated carbocycles. The van der Waals surface area contributed by atoms with Crippen LogP contribution in [0, 0.1) is 17.7 Å². The topological polar surface area (TPSA) is 46.3 Å². The minimum atomic E-state index is -4.39. The van der Waals surface area contributed by atoms with Crippen molar-refractivity contribution >= 4 is 16.8 Å². The first kappa shape index (κ1) is 23.2. The number of carbonyl (C=O) groups is 1. The molecule has 0 radical (unpaired) electrons. The quantitative estimate of drug-likeness (QED) is 0.464. The second kappa shape index (κ2) is 9.89. The van der Waals surface area contributed by atoms with Gasteiger partial charge in [0.2, 0.25) is 0 Å². The minimum absolute atomic E-state index is 0.0725. The number of hydrogen-bond donors (Lipinski definition) is 0. The van der Waals surface area contributed by atoms with E-state index in [9.17, 15) is 22.4 Å². The summed E-state index contributed by atoms with van der Waals surface area (Å²) in [6.07, 6.45) is 1.20. The van der Waals surface area contributed by atoms with E-state index in [2.05, 4.69) is 10.1 Å². The fourth-order valence-electron chi connectivity index (χ4n) is 5.36. The molecule has 2 aromatic rings. The summed E-state index contributed by atoms with van der Waals surface area (Å²) in [5.41, 5.74) is 1.43. The van der Waals surface area contributed by atoms with Gasteiger partial charge in [-0.25, -0.2) is 4.39 Å². The van der Waals surface area contributed by atoms with Gasteiger partial charge in [0.25, 0.3) is 0 Å². The standard InChI is InChI=1S/C24H30F4N2O2/c25-19-5-6-21-22(14-19)32-29-23(21)18-8-11-30(12-9-18)10-7-16-1-3-17(4-2-16)13-20(31)15-24(26,27)28/h5-6,14,16-18H,1-4,7-13,15H2. The van der Waals surface area contributed by atoms with Crippen molar-refractivity contribution in [3.05, 3.63) is 29.7 Å². The number of alkyl halides is 3. The molecule has 0 unspecified atom stereocenters. The van der Waals surface area contributed by atoms with Crippen molar-refractivity contribution in [2.24, 2.45) is 11.8 Å². The first-order valence-corrected chi connectivity index (χ1v) is 11.6. The molecule has 4 nitrogen and oxygen atoms in total. The smallest absolute Gasteiger partial charge is 0.356 e. The SMILES string of the molecule is O=C(CC1CCC(CCN2CCC(c3noc4cc(F)ccc34)CC2)CC1)CC(F)(F)F. The molecular formula is C24H30F4N2O2. The Kier molecular flexibility index (Phi) is 7.17. The summed E-state index contributed by atoms with van der Waals surface area (Å²) in [5.74, 6) is 0.0344. The molecular weight excluding hydrogens is 424 g/mol. The van der Waals surface area contributed by atoms with E-state index in [1.807, 2.05) is 0 Å². The maximum Gasteiger partial charge on any atom is 0.395 e. The highest BCUT2D eigenvalue weighted by molar-refractivity contribution is 5.80. The number of nitrogens with zero attached hydrogens (tertiary/aromatic N) is 2. The lowest BCUT2D eigenvalue weighted by molar-refractivity contribution is -0.153. The fourth-order valence-corrected chi connectivity index (χ4v) is 5.36. The van der Waals surface area contributed by atoms with E-state index < -0.39 is 18.4 Å². The van der Waals surface area contributed by atoms with Gasteiger partial charge in [0, 0.05) is 23.8 Å². The van der Waals surface area contributed by atoms with Gasteiger partial charge in [0.15, 0.2) is 5.58 Å². The van der Waals surface area contributed by atoms with Crippen LogP contribution in [0.5, 0.6) is 0 Å². The molecule has 2 heterocycles. The number of hydrogen-bond acceptors (Lipinski definition) is 4. The lowest BCUT2D eigenvalue weighted by atomic mass is 9.78. The monoisotopic (exact) mass is 454 g/mol.